The van der Waals surface area contributed by atoms with Crippen LogP contribution in [0, 0.1) is 11.8 Å². The topological polar surface area (TPSA) is 84.5 Å². The number of hydrogen-bond donors (Lipinski definition) is 2. The standard InChI is InChI=1S/C20H20N2O4/c1-12-10-17(12)19(24)22-16-5-3-4-14(11-16)18(23)21-15-8-6-13(7-9-15)20(25)26-2/h3-9,11-12,17H,10H2,1-2H3,(H,21,23)(H,22,24)/t12-,17-/m1/s1. The molecule has 2 aromatic rings. The van der Waals surface area contributed by atoms with E-state index in [1.54, 1.807) is 48.5 Å². The van der Waals surface area contributed by atoms with Crippen LogP contribution in [0.4, 0.5) is 11.4 Å². The van der Waals surface area contributed by atoms with Gasteiger partial charge >= 0.3 is 5.97 Å². The van der Waals surface area contributed by atoms with E-state index in [0.29, 0.717) is 28.4 Å². The zero-order valence-corrected chi connectivity index (χ0v) is 14.6. The number of anilines is 2. The Labute approximate surface area is 151 Å². The van der Waals surface area contributed by atoms with Gasteiger partial charge in [0.2, 0.25) is 5.91 Å². The number of esters is 1. The number of carbonyl (C=O) groups is 3. The summed E-state index contributed by atoms with van der Waals surface area (Å²) in [6.07, 6.45) is 0.910. The first kappa shape index (κ1) is 17.7. The van der Waals surface area contributed by atoms with Crippen LogP contribution < -0.4 is 10.6 Å². The summed E-state index contributed by atoms with van der Waals surface area (Å²) in [5, 5.41) is 5.61. The van der Waals surface area contributed by atoms with Crippen molar-refractivity contribution in [3.63, 3.8) is 0 Å². The first-order valence-electron chi connectivity index (χ1n) is 8.38. The minimum Gasteiger partial charge on any atom is -0.465 e. The van der Waals surface area contributed by atoms with Crippen molar-refractivity contribution >= 4 is 29.2 Å². The molecule has 1 aliphatic rings. The van der Waals surface area contributed by atoms with Gasteiger partial charge in [-0.2, -0.15) is 0 Å². The van der Waals surface area contributed by atoms with Crippen LogP contribution in [0.15, 0.2) is 48.5 Å². The fourth-order valence-electron chi connectivity index (χ4n) is 2.67. The van der Waals surface area contributed by atoms with E-state index >= 15 is 0 Å². The van der Waals surface area contributed by atoms with E-state index in [2.05, 4.69) is 15.4 Å². The van der Waals surface area contributed by atoms with E-state index in [1.165, 1.54) is 7.11 Å². The lowest BCUT2D eigenvalue weighted by molar-refractivity contribution is -0.117. The van der Waals surface area contributed by atoms with Crippen molar-refractivity contribution in [2.24, 2.45) is 11.8 Å². The number of benzene rings is 2. The SMILES string of the molecule is COC(=O)c1ccc(NC(=O)c2cccc(NC(=O)[C@@H]3C[C@H]3C)c2)cc1. The Bertz CT molecular complexity index is 845. The van der Waals surface area contributed by atoms with E-state index in [-0.39, 0.29) is 17.7 Å². The van der Waals surface area contributed by atoms with Crippen LogP contribution >= 0.6 is 0 Å². The van der Waals surface area contributed by atoms with Crippen molar-refractivity contribution in [3.8, 4) is 0 Å². The van der Waals surface area contributed by atoms with Gasteiger partial charge in [-0.1, -0.05) is 13.0 Å². The van der Waals surface area contributed by atoms with Crippen LogP contribution in [0.25, 0.3) is 0 Å². The molecule has 1 fully saturated rings. The Hall–Kier alpha value is -3.15. The first-order valence-corrected chi connectivity index (χ1v) is 8.38. The van der Waals surface area contributed by atoms with Crippen LogP contribution in [-0.2, 0) is 9.53 Å². The molecule has 2 N–H and O–H groups in total. The maximum Gasteiger partial charge on any atom is 0.337 e. The second-order valence-electron chi connectivity index (χ2n) is 6.41. The normalized spacial score (nSPS) is 17.9. The number of amides is 2. The second-order valence-corrected chi connectivity index (χ2v) is 6.41. The van der Waals surface area contributed by atoms with Gasteiger partial charge in [-0.05, 0) is 54.8 Å². The summed E-state index contributed by atoms with van der Waals surface area (Å²) in [6.45, 7) is 2.04. The number of rotatable bonds is 5. The fourth-order valence-corrected chi connectivity index (χ4v) is 2.67. The molecule has 6 heteroatoms. The highest BCUT2D eigenvalue weighted by atomic mass is 16.5. The molecule has 0 spiro atoms. The summed E-state index contributed by atoms with van der Waals surface area (Å²) in [5.74, 6) is -0.244. The summed E-state index contributed by atoms with van der Waals surface area (Å²) in [4.78, 5) is 35.9. The lowest BCUT2D eigenvalue weighted by atomic mass is 10.1. The van der Waals surface area contributed by atoms with Gasteiger partial charge in [-0.15, -0.1) is 0 Å². The molecule has 2 aromatic carbocycles. The smallest absolute Gasteiger partial charge is 0.337 e. The Morgan fingerprint density at radius 1 is 0.962 bits per heavy atom. The van der Waals surface area contributed by atoms with E-state index in [1.807, 2.05) is 6.92 Å². The largest absolute Gasteiger partial charge is 0.465 e. The number of carbonyl (C=O) groups excluding carboxylic acids is 3. The second kappa shape index (κ2) is 7.39. The van der Waals surface area contributed by atoms with Crippen LogP contribution in [0.1, 0.15) is 34.1 Å². The van der Waals surface area contributed by atoms with E-state index in [4.69, 9.17) is 0 Å². The highest BCUT2D eigenvalue weighted by molar-refractivity contribution is 6.05. The predicted octanol–water partition coefficient (Wildman–Crippen LogP) is 3.32. The maximum absolute atomic E-state index is 12.4. The van der Waals surface area contributed by atoms with Gasteiger partial charge in [0.1, 0.15) is 0 Å². The zero-order chi connectivity index (χ0) is 18.7. The van der Waals surface area contributed by atoms with Gasteiger partial charge in [0.05, 0.1) is 12.7 Å². The molecule has 134 valence electrons. The summed E-state index contributed by atoms with van der Waals surface area (Å²) in [7, 11) is 1.31. The molecule has 0 bridgehead atoms. The molecule has 0 unspecified atom stereocenters. The van der Waals surface area contributed by atoms with Crippen LogP contribution in [0.5, 0.6) is 0 Å². The monoisotopic (exact) mass is 352 g/mol. The Morgan fingerprint density at radius 3 is 2.27 bits per heavy atom. The maximum atomic E-state index is 12.4. The van der Waals surface area contributed by atoms with Crippen molar-refractivity contribution in [1.82, 2.24) is 0 Å². The molecule has 0 radical (unpaired) electrons. The van der Waals surface area contributed by atoms with Gasteiger partial charge in [-0.25, -0.2) is 4.79 Å². The molecule has 26 heavy (non-hydrogen) atoms. The first-order chi connectivity index (χ1) is 12.5. The molecule has 6 nitrogen and oxygen atoms in total. The zero-order valence-electron chi connectivity index (χ0n) is 14.6. The van der Waals surface area contributed by atoms with Crippen LogP contribution in [-0.4, -0.2) is 24.9 Å². The molecule has 0 heterocycles. The molecule has 3 rings (SSSR count). The Morgan fingerprint density at radius 2 is 1.65 bits per heavy atom. The number of hydrogen-bond acceptors (Lipinski definition) is 4. The molecule has 0 saturated heterocycles. The summed E-state index contributed by atoms with van der Waals surface area (Å²) < 4.78 is 4.64. The summed E-state index contributed by atoms with van der Waals surface area (Å²) in [5.41, 5.74) is 2.00. The molecular weight excluding hydrogens is 332 g/mol. The quantitative estimate of drug-likeness (QED) is 0.809. The van der Waals surface area contributed by atoms with Gasteiger partial charge < -0.3 is 15.4 Å². The molecule has 1 aliphatic carbocycles. The average molecular weight is 352 g/mol. The van der Waals surface area contributed by atoms with Crippen molar-refractivity contribution in [2.45, 2.75) is 13.3 Å². The molecule has 2 atom stereocenters. The lowest BCUT2D eigenvalue weighted by Gasteiger charge is -2.09. The number of methoxy groups -OCH3 is 1. The molecule has 2 amide bonds. The highest BCUT2D eigenvalue weighted by Gasteiger charge is 2.39. The van der Waals surface area contributed by atoms with Crippen molar-refractivity contribution in [3.05, 3.63) is 59.7 Å². The molecule has 0 aliphatic heterocycles. The van der Waals surface area contributed by atoms with Crippen molar-refractivity contribution in [1.29, 1.82) is 0 Å². The number of ether oxygens (including phenoxy) is 1. The average Bonchev–Trinajstić information content (AvgIpc) is 3.39. The van der Waals surface area contributed by atoms with E-state index in [0.717, 1.165) is 6.42 Å². The molecule has 0 aromatic heterocycles. The minimum absolute atomic E-state index is 0.00606. The highest BCUT2D eigenvalue weighted by Crippen LogP contribution is 2.38. The summed E-state index contributed by atoms with van der Waals surface area (Å²) >= 11 is 0. The van der Waals surface area contributed by atoms with Gasteiger partial charge in [0.15, 0.2) is 0 Å². The molecular formula is C20H20N2O4. The molecule has 1 saturated carbocycles. The minimum atomic E-state index is -0.434. The fraction of sp³-hybridized carbons (Fsp3) is 0.250. The Kier molecular flexibility index (Phi) is 5.02. The lowest BCUT2D eigenvalue weighted by Crippen LogP contribution is -2.16. The van der Waals surface area contributed by atoms with Crippen LogP contribution in [0.2, 0.25) is 0 Å². The third-order valence-electron chi connectivity index (χ3n) is 4.40. The third-order valence-corrected chi connectivity index (χ3v) is 4.40. The van der Waals surface area contributed by atoms with Gasteiger partial charge in [0, 0.05) is 22.9 Å². The van der Waals surface area contributed by atoms with Crippen molar-refractivity contribution in [2.75, 3.05) is 17.7 Å². The third kappa shape index (κ3) is 4.08. The van der Waals surface area contributed by atoms with E-state index in [9.17, 15) is 14.4 Å². The van der Waals surface area contributed by atoms with Crippen LogP contribution in [0.3, 0.4) is 0 Å². The van der Waals surface area contributed by atoms with Gasteiger partial charge in [0.25, 0.3) is 5.91 Å². The van der Waals surface area contributed by atoms with Crippen molar-refractivity contribution < 1.29 is 19.1 Å². The van der Waals surface area contributed by atoms with Gasteiger partial charge in [-0.3, -0.25) is 9.59 Å². The summed E-state index contributed by atoms with van der Waals surface area (Å²) in [6, 6.07) is 13.2. The van der Waals surface area contributed by atoms with E-state index < -0.39 is 5.97 Å². The number of nitrogens with one attached hydrogen (secondary N) is 2. The Balaban J connectivity index is 1.65. The predicted molar refractivity (Wildman–Crippen MR) is 98.1 cm³/mol.